The fourth-order valence-electron chi connectivity index (χ4n) is 0.802. The Morgan fingerprint density at radius 2 is 2.13 bits per heavy atom. The Bertz CT molecular complexity index is 368. The van der Waals surface area contributed by atoms with Gasteiger partial charge in [0.25, 0.3) is 0 Å². The molecule has 0 aliphatic rings. The van der Waals surface area contributed by atoms with Crippen LogP contribution in [0.1, 0.15) is 5.56 Å². The number of hydrogen-bond donors (Lipinski definition) is 2. The number of phenolic OH excluding ortho intramolecular Hbond substituents is 1. The number of hydrogen-bond acceptors (Lipinski definition) is 3. The van der Waals surface area contributed by atoms with Crippen LogP contribution in [0.4, 0.5) is 0 Å². The molecule has 15 heavy (non-hydrogen) atoms. The first-order chi connectivity index (χ1) is 6.61. The van der Waals surface area contributed by atoms with Crippen molar-refractivity contribution in [2.24, 2.45) is 10.8 Å². The van der Waals surface area contributed by atoms with Crippen LogP contribution in [0.5, 0.6) is 5.75 Å². The van der Waals surface area contributed by atoms with Crippen molar-refractivity contribution < 1.29 is 10.6 Å². The summed E-state index contributed by atoms with van der Waals surface area (Å²) < 4.78 is 0. The molecule has 0 aliphatic carbocycles. The Morgan fingerprint density at radius 1 is 1.53 bits per heavy atom. The van der Waals surface area contributed by atoms with E-state index in [0.29, 0.717) is 5.56 Å². The van der Waals surface area contributed by atoms with E-state index in [1.807, 2.05) is 6.07 Å². The van der Waals surface area contributed by atoms with Crippen molar-refractivity contribution in [2.75, 3.05) is 7.05 Å². The standard InChI is InChI=1S/C9H11N3OS.H2O/c1-12(9(10)14)11-6-7-4-2-3-5-8(7)13;/h2-6,13H,1H3,(H2,10,14);1H2. The molecule has 1 aromatic carbocycles. The van der Waals surface area contributed by atoms with E-state index in [-0.39, 0.29) is 16.3 Å². The molecule has 0 spiro atoms. The Labute approximate surface area is 93.1 Å². The van der Waals surface area contributed by atoms with Crippen molar-refractivity contribution in [1.29, 1.82) is 0 Å². The van der Waals surface area contributed by atoms with Crippen LogP contribution in [0.25, 0.3) is 0 Å². The summed E-state index contributed by atoms with van der Waals surface area (Å²) in [5.74, 6) is 0.174. The molecule has 0 fully saturated rings. The molecule has 0 radical (unpaired) electrons. The molecule has 6 heteroatoms. The van der Waals surface area contributed by atoms with Gasteiger partial charge < -0.3 is 16.3 Å². The summed E-state index contributed by atoms with van der Waals surface area (Å²) in [5.41, 5.74) is 5.94. The molecule has 0 bridgehead atoms. The number of rotatable bonds is 2. The minimum Gasteiger partial charge on any atom is -0.507 e. The van der Waals surface area contributed by atoms with Crippen molar-refractivity contribution >= 4 is 23.5 Å². The van der Waals surface area contributed by atoms with Crippen molar-refractivity contribution in [3.63, 3.8) is 0 Å². The van der Waals surface area contributed by atoms with Gasteiger partial charge in [-0.2, -0.15) is 5.10 Å². The van der Waals surface area contributed by atoms with Crippen molar-refractivity contribution in [2.45, 2.75) is 0 Å². The van der Waals surface area contributed by atoms with Crippen molar-refractivity contribution in [3.05, 3.63) is 29.8 Å². The summed E-state index contributed by atoms with van der Waals surface area (Å²) in [6.07, 6.45) is 1.49. The lowest BCUT2D eigenvalue weighted by molar-refractivity contribution is 0.474. The monoisotopic (exact) mass is 227 g/mol. The van der Waals surface area contributed by atoms with Crippen molar-refractivity contribution in [1.82, 2.24) is 5.01 Å². The van der Waals surface area contributed by atoms with Gasteiger partial charge in [-0.3, -0.25) is 0 Å². The van der Waals surface area contributed by atoms with E-state index in [2.05, 4.69) is 5.10 Å². The molecule has 0 amide bonds. The Hall–Kier alpha value is -1.66. The molecule has 5 nitrogen and oxygen atoms in total. The minimum absolute atomic E-state index is 0. The van der Waals surface area contributed by atoms with Crippen LogP contribution in [0.15, 0.2) is 29.4 Å². The van der Waals surface area contributed by atoms with Crippen LogP contribution >= 0.6 is 12.2 Å². The average Bonchev–Trinajstić information content (AvgIpc) is 2.16. The van der Waals surface area contributed by atoms with Gasteiger partial charge in [0.1, 0.15) is 5.75 Å². The highest BCUT2D eigenvalue weighted by atomic mass is 32.1. The molecular formula is C9H13N3O2S. The van der Waals surface area contributed by atoms with Gasteiger partial charge in [-0.1, -0.05) is 12.1 Å². The quantitative estimate of drug-likeness (QED) is 0.425. The second-order valence-electron chi connectivity index (χ2n) is 2.67. The summed E-state index contributed by atoms with van der Waals surface area (Å²) in [6.45, 7) is 0. The molecule has 1 aromatic rings. The zero-order chi connectivity index (χ0) is 10.6. The predicted octanol–water partition coefficient (Wildman–Crippen LogP) is 0.0768. The van der Waals surface area contributed by atoms with Crippen LogP contribution in [-0.2, 0) is 0 Å². The molecule has 0 aliphatic heterocycles. The lowest BCUT2D eigenvalue weighted by Gasteiger charge is -2.08. The highest BCUT2D eigenvalue weighted by molar-refractivity contribution is 7.80. The minimum atomic E-state index is 0. The SMILES string of the molecule is CN(N=Cc1ccccc1O)C(N)=S.O. The van der Waals surface area contributed by atoms with E-state index in [4.69, 9.17) is 18.0 Å². The van der Waals surface area contributed by atoms with Gasteiger partial charge in [0.05, 0.1) is 6.21 Å². The van der Waals surface area contributed by atoms with E-state index >= 15 is 0 Å². The molecule has 0 heterocycles. The molecule has 0 saturated carbocycles. The number of nitrogens with zero attached hydrogens (tertiary/aromatic N) is 2. The van der Waals surface area contributed by atoms with Crippen LogP contribution < -0.4 is 5.73 Å². The third kappa shape index (κ3) is 3.92. The van der Waals surface area contributed by atoms with Gasteiger partial charge in [0, 0.05) is 12.6 Å². The maximum Gasteiger partial charge on any atom is 0.186 e. The number of phenols is 1. The maximum absolute atomic E-state index is 9.39. The van der Waals surface area contributed by atoms with Gasteiger partial charge in [0.2, 0.25) is 0 Å². The van der Waals surface area contributed by atoms with Gasteiger partial charge >= 0.3 is 0 Å². The zero-order valence-electron chi connectivity index (χ0n) is 8.21. The number of aromatic hydroxyl groups is 1. The summed E-state index contributed by atoms with van der Waals surface area (Å²) in [5, 5.41) is 14.9. The zero-order valence-corrected chi connectivity index (χ0v) is 9.03. The second-order valence-corrected chi connectivity index (χ2v) is 3.08. The Balaban J connectivity index is 0.00000196. The number of nitrogens with two attached hydrogens (primary N) is 1. The number of para-hydroxylation sites is 1. The number of thiocarbonyl (C=S) groups is 1. The fourth-order valence-corrected chi connectivity index (χ4v) is 0.850. The third-order valence-electron chi connectivity index (χ3n) is 1.63. The fraction of sp³-hybridized carbons (Fsp3) is 0.111. The van der Waals surface area contributed by atoms with E-state index in [0.717, 1.165) is 0 Å². The topological polar surface area (TPSA) is 93.3 Å². The normalized spacial score (nSPS) is 9.67. The van der Waals surface area contributed by atoms with Crippen molar-refractivity contribution in [3.8, 4) is 5.75 Å². The predicted molar refractivity (Wildman–Crippen MR) is 63.9 cm³/mol. The van der Waals surface area contributed by atoms with E-state index < -0.39 is 0 Å². The first kappa shape index (κ1) is 13.3. The second kappa shape index (κ2) is 5.94. The molecule has 0 aromatic heterocycles. The number of hydrazone groups is 1. The van der Waals surface area contributed by atoms with Crippen LogP contribution in [0.3, 0.4) is 0 Å². The lowest BCUT2D eigenvalue weighted by Crippen LogP contribution is -2.27. The molecular weight excluding hydrogens is 214 g/mol. The van der Waals surface area contributed by atoms with E-state index in [1.54, 1.807) is 25.2 Å². The molecule has 0 saturated heterocycles. The summed E-state index contributed by atoms with van der Waals surface area (Å²) in [4.78, 5) is 0. The molecule has 5 N–H and O–H groups in total. The Kier molecular flexibility index (Phi) is 5.29. The average molecular weight is 227 g/mol. The van der Waals surface area contributed by atoms with E-state index in [1.165, 1.54) is 11.2 Å². The summed E-state index contributed by atoms with van der Waals surface area (Å²) in [6, 6.07) is 6.88. The summed E-state index contributed by atoms with van der Waals surface area (Å²) >= 11 is 4.69. The lowest BCUT2D eigenvalue weighted by atomic mass is 10.2. The number of benzene rings is 1. The van der Waals surface area contributed by atoms with Crippen LogP contribution in [-0.4, -0.2) is 34.0 Å². The van der Waals surface area contributed by atoms with Crippen LogP contribution in [0.2, 0.25) is 0 Å². The molecule has 1 rings (SSSR count). The molecule has 0 atom stereocenters. The first-order valence-electron chi connectivity index (χ1n) is 3.96. The van der Waals surface area contributed by atoms with Gasteiger partial charge in [-0.25, -0.2) is 5.01 Å². The highest BCUT2D eigenvalue weighted by Gasteiger charge is 1.97. The molecule has 0 unspecified atom stereocenters. The third-order valence-corrected chi connectivity index (χ3v) is 1.89. The van der Waals surface area contributed by atoms with Gasteiger partial charge in [-0.05, 0) is 24.4 Å². The van der Waals surface area contributed by atoms with Crippen LogP contribution in [0, 0.1) is 0 Å². The Morgan fingerprint density at radius 3 is 2.67 bits per heavy atom. The van der Waals surface area contributed by atoms with E-state index in [9.17, 15) is 5.11 Å². The first-order valence-corrected chi connectivity index (χ1v) is 4.37. The smallest absolute Gasteiger partial charge is 0.186 e. The maximum atomic E-state index is 9.39. The summed E-state index contributed by atoms with van der Waals surface area (Å²) in [7, 11) is 1.64. The largest absolute Gasteiger partial charge is 0.507 e. The molecule has 82 valence electrons. The van der Waals surface area contributed by atoms with Gasteiger partial charge in [0.15, 0.2) is 5.11 Å². The van der Waals surface area contributed by atoms with Gasteiger partial charge in [-0.15, -0.1) is 0 Å². The highest BCUT2D eigenvalue weighted by Crippen LogP contribution is 2.12.